The van der Waals surface area contributed by atoms with Crippen molar-refractivity contribution in [3.8, 4) is 5.69 Å². The first-order valence-corrected chi connectivity index (χ1v) is 6.07. The van der Waals surface area contributed by atoms with Crippen LogP contribution >= 0.6 is 15.9 Å². The quantitative estimate of drug-likeness (QED) is 0.722. The molecule has 0 amide bonds. The molecular weight excluding hydrogens is 296 g/mol. The summed E-state index contributed by atoms with van der Waals surface area (Å²) in [4.78, 5) is 18.3. The second-order valence-electron chi connectivity index (χ2n) is 3.84. The van der Waals surface area contributed by atoms with E-state index in [1.54, 1.807) is 10.6 Å². The van der Waals surface area contributed by atoms with E-state index in [-0.39, 0.29) is 5.56 Å². The number of hydrogen-bond donors (Lipinski definition) is 2. The second-order valence-corrected chi connectivity index (χ2v) is 4.75. The number of nitrogens with zero attached hydrogens (tertiary/aromatic N) is 2. The average molecular weight is 305 g/mol. The van der Waals surface area contributed by atoms with Crippen LogP contribution in [-0.2, 0) is 0 Å². The Kier molecular flexibility index (Phi) is 2.45. The van der Waals surface area contributed by atoms with Gasteiger partial charge in [-0.2, -0.15) is 0 Å². The predicted octanol–water partition coefficient (Wildman–Crippen LogP) is 2.06. The number of imidazole rings is 1. The molecule has 3 N–H and O–H groups in total. The number of rotatable bonds is 1. The molecule has 1 aromatic carbocycles. The molecule has 0 saturated heterocycles. The normalized spacial score (nSPS) is 10.9. The molecule has 0 unspecified atom stereocenters. The van der Waals surface area contributed by atoms with Crippen molar-refractivity contribution >= 4 is 33.0 Å². The van der Waals surface area contributed by atoms with Crippen molar-refractivity contribution in [2.24, 2.45) is 0 Å². The van der Waals surface area contributed by atoms with Crippen molar-refractivity contribution in [1.82, 2.24) is 14.5 Å². The minimum atomic E-state index is -0.180. The first-order chi connectivity index (χ1) is 8.65. The highest BCUT2D eigenvalue weighted by Crippen LogP contribution is 2.21. The van der Waals surface area contributed by atoms with Crippen LogP contribution in [-0.4, -0.2) is 14.5 Å². The van der Waals surface area contributed by atoms with Gasteiger partial charge >= 0.3 is 0 Å². The molecule has 5 nitrogen and oxygen atoms in total. The van der Waals surface area contributed by atoms with Gasteiger partial charge in [-0.25, -0.2) is 4.98 Å². The van der Waals surface area contributed by atoms with Gasteiger partial charge in [0.1, 0.15) is 11.2 Å². The molecule has 0 fully saturated rings. The highest BCUT2D eigenvalue weighted by Gasteiger charge is 2.10. The summed E-state index contributed by atoms with van der Waals surface area (Å²) in [6.07, 6.45) is 0. The van der Waals surface area contributed by atoms with Crippen LogP contribution < -0.4 is 11.3 Å². The SMILES string of the molecule is Nc1nc2ccc(=O)[nH]c2n1-c1ccc(Br)cc1. The first-order valence-electron chi connectivity index (χ1n) is 5.28. The Morgan fingerprint density at radius 1 is 1.17 bits per heavy atom. The van der Waals surface area contributed by atoms with Crippen LogP contribution in [0.2, 0.25) is 0 Å². The highest BCUT2D eigenvalue weighted by atomic mass is 79.9. The van der Waals surface area contributed by atoms with E-state index in [9.17, 15) is 4.79 Å². The summed E-state index contributed by atoms with van der Waals surface area (Å²) in [5, 5.41) is 0. The Balaban J connectivity index is 2.34. The van der Waals surface area contributed by atoms with Gasteiger partial charge in [-0.05, 0) is 30.3 Å². The summed E-state index contributed by atoms with van der Waals surface area (Å²) in [5.74, 6) is 0.342. The molecule has 3 rings (SSSR count). The predicted molar refractivity (Wildman–Crippen MR) is 73.8 cm³/mol. The number of pyridine rings is 1. The van der Waals surface area contributed by atoms with E-state index in [2.05, 4.69) is 25.9 Å². The lowest BCUT2D eigenvalue weighted by Gasteiger charge is -2.05. The Morgan fingerprint density at radius 3 is 2.61 bits per heavy atom. The molecule has 2 heterocycles. The molecule has 0 atom stereocenters. The zero-order valence-electron chi connectivity index (χ0n) is 9.22. The van der Waals surface area contributed by atoms with Gasteiger partial charge in [-0.1, -0.05) is 15.9 Å². The van der Waals surface area contributed by atoms with E-state index < -0.39 is 0 Å². The molecule has 18 heavy (non-hydrogen) atoms. The summed E-state index contributed by atoms with van der Waals surface area (Å²) < 4.78 is 2.69. The molecule has 0 radical (unpaired) electrons. The van der Waals surface area contributed by atoms with Crippen molar-refractivity contribution in [2.75, 3.05) is 5.73 Å². The summed E-state index contributed by atoms with van der Waals surface area (Å²) in [5.41, 5.74) is 7.82. The number of aromatic nitrogens is 3. The molecule has 0 aliphatic heterocycles. The molecule has 0 spiro atoms. The van der Waals surface area contributed by atoms with Crippen LogP contribution in [0.15, 0.2) is 45.7 Å². The second kappa shape index (κ2) is 3.99. The third-order valence-electron chi connectivity index (χ3n) is 2.65. The Morgan fingerprint density at radius 2 is 1.89 bits per heavy atom. The Hall–Kier alpha value is -2.08. The van der Waals surface area contributed by atoms with E-state index >= 15 is 0 Å². The first kappa shape index (κ1) is 11.0. The van der Waals surface area contributed by atoms with Gasteiger partial charge in [0, 0.05) is 10.5 Å². The van der Waals surface area contributed by atoms with Gasteiger partial charge in [-0.15, -0.1) is 0 Å². The number of hydrogen-bond acceptors (Lipinski definition) is 3. The maximum absolute atomic E-state index is 11.4. The summed E-state index contributed by atoms with van der Waals surface area (Å²) in [7, 11) is 0. The number of benzene rings is 1. The molecule has 0 saturated carbocycles. The number of fused-ring (bicyclic) bond motifs is 1. The van der Waals surface area contributed by atoms with Gasteiger partial charge in [0.15, 0.2) is 0 Å². The fourth-order valence-electron chi connectivity index (χ4n) is 1.86. The number of anilines is 1. The van der Waals surface area contributed by atoms with Crippen LogP contribution in [0.3, 0.4) is 0 Å². The Labute approximate surface area is 110 Å². The molecule has 6 heteroatoms. The van der Waals surface area contributed by atoms with Gasteiger partial charge in [-0.3, -0.25) is 9.36 Å². The number of aromatic amines is 1. The lowest BCUT2D eigenvalue weighted by Crippen LogP contribution is -2.06. The van der Waals surface area contributed by atoms with Crippen molar-refractivity contribution < 1.29 is 0 Å². The third-order valence-corrected chi connectivity index (χ3v) is 3.18. The van der Waals surface area contributed by atoms with Gasteiger partial charge < -0.3 is 10.7 Å². The average Bonchev–Trinajstić information content (AvgIpc) is 2.66. The van der Waals surface area contributed by atoms with Crippen molar-refractivity contribution in [3.63, 3.8) is 0 Å². The van der Waals surface area contributed by atoms with E-state index in [0.717, 1.165) is 10.2 Å². The number of halogens is 1. The summed E-state index contributed by atoms with van der Waals surface area (Å²) >= 11 is 3.37. The molecule has 0 aliphatic carbocycles. The largest absolute Gasteiger partial charge is 0.369 e. The van der Waals surface area contributed by atoms with Crippen LogP contribution in [0.25, 0.3) is 16.9 Å². The minimum Gasteiger partial charge on any atom is -0.369 e. The Bertz CT molecular complexity index is 773. The van der Waals surface area contributed by atoms with Gasteiger partial charge in [0.2, 0.25) is 11.5 Å². The molecular formula is C12H9BrN4O. The van der Waals surface area contributed by atoms with Gasteiger partial charge in [0.05, 0.1) is 5.69 Å². The lowest BCUT2D eigenvalue weighted by atomic mass is 10.3. The van der Waals surface area contributed by atoms with E-state index in [0.29, 0.717) is 17.1 Å². The monoisotopic (exact) mass is 304 g/mol. The van der Waals surface area contributed by atoms with Crippen LogP contribution in [0.5, 0.6) is 0 Å². The van der Waals surface area contributed by atoms with Crippen LogP contribution in [0, 0.1) is 0 Å². The molecule has 2 aromatic heterocycles. The number of nitrogen functional groups attached to an aromatic ring is 1. The number of nitrogens with two attached hydrogens (primary N) is 1. The smallest absolute Gasteiger partial charge is 0.249 e. The van der Waals surface area contributed by atoms with Crippen molar-refractivity contribution in [3.05, 3.63) is 51.2 Å². The van der Waals surface area contributed by atoms with E-state index in [1.807, 2.05) is 24.3 Å². The number of H-pyrrole nitrogens is 1. The van der Waals surface area contributed by atoms with Crippen molar-refractivity contribution in [1.29, 1.82) is 0 Å². The fraction of sp³-hybridized carbons (Fsp3) is 0. The van der Waals surface area contributed by atoms with Crippen molar-refractivity contribution in [2.45, 2.75) is 0 Å². The summed E-state index contributed by atoms with van der Waals surface area (Å²) in [6, 6.07) is 10.7. The molecule has 0 bridgehead atoms. The lowest BCUT2D eigenvalue weighted by molar-refractivity contribution is 1.07. The van der Waals surface area contributed by atoms with E-state index in [1.165, 1.54) is 6.07 Å². The van der Waals surface area contributed by atoms with Crippen LogP contribution in [0.4, 0.5) is 5.95 Å². The minimum absolute atomic E-state index is 0.180. The zero-order valence-corrected chi connectivity index (χ0v) is 10.8. The third kappa shape index (κ3) is 1.70. The fourth-order valence-corrected chi connectivity index (χ4v) is 2.12. The number of nitrogens with one attached hydrogen (secondary N) is 1. The summed E-state index contributed by atoms with van der Waals surface area (Å²) in [6.45, 7) is 0. The molecule has 3 aromatic rings. The van der Waals surface area contributed by atoms with E-state index in [4.69, 9.17) is 5.73 Å². The maximum Gasteiger partial charge on any atom is 0.249 e. The van der Waals surface area contributed by atoms with Crippen LogP contribution in [0.1, 0.15) is 0 Å². The maximum atomic E-state index is 11.4. The standard InChI is InChI=1S/C12H9BrN4O/c13-7-1-3-8(4-2-7)17-11-9(15-12(17)14)5-6-10(18)16-11/h1-6H,(H2,14,15)(H,16,18). The van der Waals surface area contributed by atoms with Gasteiger partial charge in [0.25, 0.3) is 0 Å². The molecule has 90 valence electrons. The highest BCUT2D eigenvalue weighted by molar-refractivity contribution is 9.10. The zero-order chi connectivity index (χ0) is 12.7. The molecule has 0 aliphatic rings. The topological polar surface area (TPSA) is 76.7 Å².